The molecule has 0 aliphatic heterocycles. The first kappa shape index (κ1) is 12.0. The van der Waals surface area contributed by atoms with Gasteiger partial charge in [0.25, 0.3) is 0 Å². The molecule has 1 atom stereocenters. The van der Waals surface area contributed by atoms with Crippen LogP contribution in [0.1, 0.15) is 52.9 Å². The van der Waals surface area contributed by atoms with Crippen molar-refractivity contribution in [2.24, 2.45) is 17.8 Å². The van der Waals surface area contributed by atoms with Gasteiger partial charge in [-0.25, -0.2) is 0 Å². The van der Waals surface area contributed by atoms with Crippen LogP contribution in [-0.4, -0.2) is 13.1 Å². The Kier molecular flexibility index (Phi) is 5.54. The van der Waals surface area contributed by atoms with E-state index < -0.39 is 0 Å². The van der Waals surface area contributed by atoms with Crippen molar-refractivity contribution in [2.45, 2.75) is 52.9 Å². The highest BCUT2D eigenvalue weighted by Crippen LogP contribution is 2.22. The molecule has 1 unspecified atom stereocenters. The molecular weight excluding hydrogens is 170 g/mol. The Morgan fingerprint density at radius 2 is 1.71 bits per heavy atom. The Morgan fingerprint density at radius 3 is 2.29 bits per heavy atom. The smallest absolute Gasteiger partial charge is 0.00204 e. The highest BCUT2D eigenvalue weighted by molar-refractivity contribution is 4.69. The molecule has 0 radical (unpaired) electrons. The second-order valence-corrected chi connectivity index (χ2v) is 5.38. The first-order valence-corrected chi connectivity index (χ1v) is 6.41. The van der Waals surface area contributed by atoms with E-state index in [2.05, 4.69) is 26.1 Å². The van der Waals surface area contributed by atoms with Crippen molar-refractivity contribution in [3.05, 3.63) is 0 Å². The van der Waals surface area contributed by atoms with Crippen LogP contribution >= 0.6 is 0 Å². The lowest BCUT2D eigenvalue weighted by Crippen LogP contribution is -2.29. The largest absolute Gasteiger partial charge is 0.316 e. The van der Waals surface area contributed by atoms with Gasteiger partial charge in [-0.3, -0.25) is 0 Å². The molecule has 14 heavy (non-hydrogen) atoms. The fraction of sp³-hybridized carbons (Fsp3) is 1.00. The molecule has 1 saturated carbocycles. The van der Waals surface area contributed by atoms with Crippen LogP contribution in [-0.2, 0) is 0 Å². The summed E-state index contributed by atoms with van der Waals surface area (Å²) in [7, 11) is 0. The molecule has 0 aromatic heterocycles. The standard InChI is InChI=1S/C13H27N/c1-11(2)12(3)9-14-10-13-7-5-4-6-8-13/h11-14H,4-10H2,1-3H3. The minimum Gasteiger partial charge on any atom is -0.316 e. The summed E-state index contributed by atoms with van der Waals surface area (Å²) in [6, 6.07) is 0. The van der Waals surface area contributed by atoms with E-state index in [9.17, 15) is 0 Å². The third-order valence-electron chi connectivity index (χ3n) is 3.76. The predicted octanol–water partition coefficient (Wildman–Crippen LogP) is 3.45. The summed E-state index contributed by atoms with van der Waals surface area (Å²) in [6.45, 7) is 9.43. The number of rotatable bonds is 5. The van der Waals surface area contributed by atoms with Gasteiger partial charge in [-0.1, -0.05) is 40.0 Å². The summed E-state index contributed by atoms with van der Waals surface area (Å²) in [5, 5.41) is 3.64. The Morgan fingerprint density at radius 1 is 1.07 bits per heavy atom. The lowest BCUT2D eigenvalue weighted by Gasteiger charge is -2.23. The van der Waals surface area contributed by atoms with Crippen LogP contribution in [0, 0.1) is 17.8 Å². The monoisotopic (exact) mass is 197 g/mol. The maximum atomic E-state index is 3.64. The topological polar surface area (TPSA) is 12.0 Å². The first-order valence-electron chi connectivity index (χ1n) is 6.41. The van der Waals surface area contributed by atoms with Gasteiger partial charge in [0.05, 0.1) is 0 Å². The van der Waals surface area contributed by atoms with Gasteiger partial charge >= 0.3 is 0 Å². The summed E-state index contributed by atoms with van der Waals surface area (Å²) in [5.74, 6) is 2.61. The summed E-state index contributed by atoms with van der Waals surface area (Å²) in [6.07, 6.45) is 7.32. The van der Waals surface area contributed by atoms with Gasteiger partial charge in [0.2, 0.25) is 0 Å². The fourth-order valence-electron chi connectivity index (χ4n) is 2.14. The van der Waals surface area contributed by atoms with Crippen LogP contribution < -0.4 is 5.32 Å². The second kappa shape index (κ2) is 6.44. The van der Waals surface area contributed by atoms with E-state index in [1.54, 1.807) is 0 Å². The third-order valence-corrected chi connectivity index (χ3v) is 3.76. The average molecular weight is 197 g/mol. The molecule has 1 aliphatic rings. The lowest BCUT2D eigenvalue weighted by molar-refractivity contribution is 0.320. The van der Waals surface area contributed by atoms with Gasteiger partial charge in [0.1, 0.15) is 0 Å². The Bertz CT molecular complexity index is 136. The van der Waals surface area contributed by atoms with Crippen molar-refractivity contribution in [2.75, 3.05) is 13.1 Å². The Hall–Kier alpha value is -0.0400. The molecule has 0 amide bonds. The van der Waals surface area contributed by atoms with Gasteiger partial charge in [0.15, 0.2) is 0 Å². The molecule has 1 N–H and O–H groups in total. The van der Waals surface area contributed by atoms with E-state index >= 15 is 0 Å². The maximum Gasteiger partial charge on any atom is -0.00204 e. The van der Waals surface area contributed by atoms with Crippen molar-refractivity contribution in [1.82, 2.24) is 5.32 Å². The van der Waals surface area contributed by atoms with Crippen LogP contribution in [0.5, 0.6) is 0 Å². The molecule has 1 fully saturated rings. The van der Waals surface area contributed by atoms with Crippen molar-refractivity contribution in [1.29, 1.82) is 0 Å². The highest BCUT2D eigenvalue weighted by Gasteiger charge is 2.13. The normalized spacial score (nSPS) is 21.4. The van der Waals surface area contributed by atoms with Gasteiger partial charge in [-0.05, 0) is 43.7 Å². The molecule has 0 spiro atoms. The predicted molar refractivity (Wildman–Crippen MR) is 63.4 cm³/mol. The fourth-order valence-corrected chi connectivity index (χ4v) is 2.14. The number of hydrogen-bond donors (Lipinski definition) is 1. The summed E-state index contributed by atoms with van der Waals surface area (Å²) >= 11 is 0. The van der Waals surface area contributed by atoms with Crippen LogP contribution in [0.15, 0.2) is 0 Å². The van der Waals surface area contributed by atoms with Gasteiger partial charge in [-0.15, -0.1) is 0 Å². The van der Waals surface area contributed by atoms with E-state index in [1.165, 1.54) is 45.2 Å². The summed E-state index contributed by atoms with van der Waals surface area (Å²) in [5.41, 5.74) is 0. The summed E-state index contributed by atoms with van der Waals surface area (Å²) < 4.78 is 0. The van der Waals surface area contributed by atoms with Crippen molar-refractivity contribution < 1.29 is 0 Å². The van der Waals surface area contributed by atoms with E-state index in [1.807, 2.05) is 0 Å². The van der Waals surface area contributed by atoms with Crippen LogP contribution in [0.3, 0.4) is 0 Å². The maximum absolute atomic E-state index is 3.64. The van der Waals surface area contributed by atoms with Crippen molar-refractivity contribution >= 4 is 0 Å². The second-order valence-electron chi connectivity index (χ2n) is 5.38. The Labute approximate surface area is 89.7 Å². The highest BCUT2D eigenvalue weighted by atomic mass is 14.9. The van der Waals surface area contributed by atoms with Crippen LogP contribution in [0.25, 0.3) is 0 Å². The minimum atomic E-state index is 0.814. The molecule has 84 valence electrons. The zero-order chi connectivity index (χ0) is 10.4. The van der Waals surface area contributed by atoms with E-state index in [4.69, 9.17) is 0 Å². The Balaban J connectivity index is 2.02. The van der Waals surface area contributed by atoms with Gasteiger partial charge in [-0.2, -0.15) is 0 Å². The van der Waals surface area contributed by atoms with Gasteiger partial charge < -0.3 is 5.32 Å². The molecule has 1 aliphatic carbocycles. The zero-order valence-corrected chi connectivity index (χ0v) is 10.2. The minimum absolute atomic E-state index is 0.814. The molecule has 0 bridgehead atoms. The van der Waals surface area contributed by atoms with Crippen LogP contribution in [0.2, 0.25) is 0 Å². The van der Waals surface area contributed by atoms with E-state index in [0.29, 0.717) is 0 Å². The zero-order valence-electron chi connectivity index (χ0n) is 10.2. The van der Waals surface area contributed by atoms with Crippen molar-refractivity contribution in [3.8, 4) is 0 Å². The number of hydrogen-bond acceptors (Lipinski definition) is 1. The molecule has 1 nitrogen and oxygen atoms in total. The number of nitrogens with one attached hydrogen (secondary N) is 1. The van der Waals surface area contributed by atoms with E-state index in [0.717, 1.165) is 17.8 Å². The molecule has 0 saturated heterocycles. The quantitative estimate of drug-likeness (QED) is 0.712. The first-order chi connectivity index (χ1) is 6.70. The summed E-state index contributed by atoms with van der Waals surface area (Å²) in [4.78, 5) is 0. The average Bonchev–Trinajstić information content (AvgIpc) is 2.19. The lowest BCUT2D eigenvalue weighted by atomic mass is 9.89. The van der Waals surface area contributed by atoms with Crippen molar-refractivity contribution in [3.63, 3.8) is 0 Å². The molecular formula is C13H27N. The molecule has 1 heteroatoms. The van der Waals surface area contributed by atoms with Crippen LogP contribution in [0.4, 0.5) is 0 Å². The van der Waals surface area contributed by atoms with Gasteiger partial charge in [0, 0.05) is 0 Å². The third kappa shape index (κ3) is 4.45. The molecule has 0 aromatic rings. The molecule has 0 aromatic carbocycles. The molecule has 1 rings (SSSR count). The molecule has 0 heterocycles. The SMILES string of the molecule is CC(C)C(C)CNCC1CCCCC1. The van der Waals surface area contributed by atoms with E-state index in [-0.39, 0.29) is 0 Å².